The van der Waals surface area contributed by atoms with E-state index in [9.17, 15) is 4.79 Å². The first-order valence-electron chi connectivity index (χ1n) is 5.02. The van der Waals surface area contributed by atoms with Crippen LogP contribution >= 0.6 is 0 Å². The zero-order chi connectivity index (χ0) is 10.8. The SMILES string of the molecule is CC(C)C1N=C(c2ccccc2)C(=O)O1. The number of nitrogens with zero attached hydrogens (tertiary/aromatic N) is 1. The fourth-order valence-corrected chi connectivity index (χ4v) is 1.45. The summed E-state index contributed by atoms with van der Waals surface area (Å²) in [5.74, 6) is -0.102. The molecule has 1 aliphatic rings. The van der Waals surface area contributed by atoms with Gasteiger partial charge in [-0.05, 0) is 0 Å². The van der Waals surface area contributed by atoms with Crippen molar-refractivity contribution in [3.63, 3.8) is 0 Å². The Hall–Kier alpha value is -1.64. The van der Waals surface area contributed by atoms with E-state index in [4.69, 9.17) is 4.74 Å². The zero-order valence-corrected chi connectivity index (χ0v) is 8.81. The van der Waals surface area contributed by atoms with Gasteiger partial charge in [0.15, 0.2) is 11.9 Å². The van der Waals surface area contributed by atoms with Crippen molar-refractivity contribution in [1.82, 2.24) is 0 Å². The van der Waals surface area contributed by atoms with Gasteiger partial charge in [0.25, 0.3) is 0 Å². The molecule has 0 radical (unpaired) electrons. The topological polar surface area (TPSA) is 38.7 Å². The Morgan fingerprint density at radius 2 is 1.93 bits per heavy atom. The lowest BCUT2D eigenvalue weighted by Gasteiger charge is -2.08. The molecule has 15 heavy (non-hydrogen) atoms. The second-order valence-corrected chi connectivity index (χ2v) is 3.88. The molecule has 3 heteroatoms. The quantitative estimate of drug-likeness (QED) is 0.690. The highest BCUT2D eigenvalue weighted by Gasteiger charge is 2.29. The molecule has 0 aromatic heterocycles. The number of hydrogen-bond acceptors (Lipinski definition) is 3. The van der Waals surface area contributed by atoms with E-state index >= 15 is 0 Å². The third-order valence-electron chi connectivity index (χ3n) is 2.30. The highest BCUT2D eigenvalue weighted by atomic mass is 16.6. The average molecular weight is 203 g/mol. The summed E-state index contributed by atoms with van der Waals surface area (Å²) < 4.78 is 5.15. The Kier molecular flexibility index (Phi) is 2.54. The van der Waals surface area contributed by atoms with Crippen LogP contribution in [0.3, 0.4) is 0 Å². The van der Waals surface area contributed by atoms with Crippen LogP contribution in [-0.2, 0) is 9.53 Å². The van der Waals surface area contributed by atoms with Crippen molar-refractivity contribution in [3.05, 3.63) is 35.9 Å². The Balaban J connectivity index is 2.30. The molecular formula is C12H13NO2. The number of ether oxygens (including phenoxy) is 1. The maximum Gasteiger partial charge on any atom is 0.359 e. The van der Waals surface area contributed by atoms with E-state index in [-0.39, 0.29) is 18.1 Å². The molecule has 0 amide bonds. The summed E-state index contributed by atoms with van der Waals surface area (Å²) in [5, 5.41) is 0. The number of carbonyl (C=O) groups excluding carboxylic acids is 1. The van der Waals surface area contributed by atoms with Crippen molar-refractivity contribution >= 4 is 11.7 Å². The second kappa shape index (κ2) is 3.85. The molecule has 1 aromatic carbocycles. The first-order chi connectivity index (χ1) is 7.18. The van der Waals surface area contributed by atoms with Crippen molar-refractivity contribution in [2.45, 2.75) is 20.1 Å². The first-order valence-corrected chi connectivity index (χ1v) is 5.02. The number of rotatable bonds is 2. The van der Waals surface area contributed by atoms with Crippen LogP contribution < -0.4 is 0 Å². The molecule has 0 spiro atoms. The van der Waals surface area contributed by atoms with Crippen LogP contribution in [0.1, 0.15) is 19.4 Å². The number of carbonyl (C=O) groups is 1. The van der Waals surface area contributed by atoms with Gasteiger partial charge in [-0.1, -0.05) is 44.2 Å². The van der Waals surface area contributed by atoms with Gasteiger partial charge >= 0.3 is 5.97 Å². The van der Waals surface area contributed by atoms with Crippen LogP contribution in [0.5, 0.6) is 0 Å². The standard InChI is InChI=1S/C12H13NO2/c1-8(2)11-13-10(12(14)15-11)9-6-4-3-5-7-9/h3-8,11H,1-2H3. The lowest BCUT2D eigenvalue weighted by Crippen LogP contribution is -2.16. The summed E-state index contributed by atoms with van der Waals surface area (Å²) in [5.41, 5.74) is 1.26. The van der Waals surface area contributed by atoms with Gasteiger partial charge in [-0.3, -0.25) is 0 Å². The van der Waals surface area contributed by atoms with Crippen LogP contribution in [-0.4, -0.2) is 17.9 Å². The van der Waals surface area contributed by atoms with Gasteiger partial charge in [0, 0.05) is 11.5 Å². The monoisotopic (exact) mass is 203 g/mol. The average Bonchev–Trinajstić information content (AvgIpc) is 2.62. The molecule has 0 saturated carbocycles. The van der Waals surface area contributed by atoms with E-state index in [0.717, 1.165) is 5.56 Å². The maximum atomic E-state index is 11.5. The first kappa shape index (κ1) is 9.90. The lowest BCUT2D eigenvalue weighted by atomic mass is 10.1. The van der Waals surface area contributed by atoms with Crippen LogP contribution in [0, 0.1) is 5.92 Å². The van der Waals surface area contributed by atoms with Gasteiger partial charge in [-0.15, -0.1) is 0 Å². The summed E-state index contributed by atoms with van der Waals surface area (Å²) in [6, 6.07) is 9.40. The summed E-state index contributed by atoms with van der Waals surface area (Å²) in [7, 11) is 0. The van der Waals surface area contributed by atoms with E-state index in [1.165, 1.54) is 0 Å². The van der Waals surface area contributed by atoms with Gasteiger partial charge < -0.3 is 4.74 Å². The number of esters is 1. The van der Waals surface area contributed by atoms with E-state index < -0.39 is 0 Å². The van der Waals surface area contributed by atoms with Crippen LogP contribution in [0.4, 0.5) is 0 Å². The summed E-state index contributed by atoms with van der Waals surface area (Å²) >= 11 is 0. The minimum Gasteiger partial charge on any atom is -0.435 e. The van der Waals surface area contributed by atoms with Gasteiger partial charge in [0.2, 0.25) is 0 Å². The summed E-state index contributed by atoms with van der Waals surface area (Å²) in [6.07, 6.45) is -0.326. The van der Waals surface area contributed by atoms with Gasteiger partial charge in [-0.25, -0.2) is 9.79 Å². The van der Waals surface area contributed by atoms with Crippen LogP contribution in [0.2, 0.25) is 0 Å². The molecule has 0 saturated heterocycles. The highest BCUT2D eigenvalue weighted by molar-refractivity contribution is 6.44. The molecule has 1 atom stereocenters. The lowest BCUT2D eigenvalue weighted by molar-refractivity contribution is -0.139. The fourth-order valence-electron chi connectivity index (χ4n) is 1.45. The molecule has 1 heterocycles. The minimum atomic E-state index is -0.326. The van der Waals surface area contributed by atoms with Crippen LogP contribution in [0.25, 0.3) is 0 Å². The van der Waals surface area contributed by atoms with E-state index in [2.05, 4.69) is 4.99 Å². The molecule has 2 rings (SSSR count). The number of aliphatic imine (C=N–C) groups is 1. The molecule has 1 aromatic rings. The van der Waals surface area contributed by atoms with Crippen LogP contribution in [0.15, 0.2) is 35.3 Å². The normalized spacial score (nSPS) is 20.3. The molecule has 3 nitrogen and oxygen atoms in total. The highest BCUT2D eigenvalue weighted by Crippen LogP contribution is 2.18. The van der Waals surface area contributed by atoms with Gasteiger partial charge in [-0.2, -0.15) is 0 Å². The molecule has 1 unspecified atom stereocenters. The predicted octanol–water partition coefficient (Wildman–Crippen LogP) is 2.01. The number of hydrogen-bond donors (Lipinski definition) is 0. The zero-order valence-electron chi connectivity index (χ0n) is 8.81. The third-order valence-corrected chi connectivity index (χ3v) is 2.30. The predicted molar refractivity (Wildman–Crippen MR) is 57.7 cm³/mol. The van der Waals surface area contributed by atoms with Crippen molar-refractivity contribution in [2.75, 3.05) is 0 Å². The van der Waals surface area contributed by atoms with E-state index in [0.29, 0.717) is 5.71 Å². The summed E-state index contributed by atoms with van der Waals surface area (Å²) in [4.78, 5) is 15.8. The Morgan fingerprint density at radius 1 is 1.27 bits per heavy atom. The largest absolute Gasteiger partial charge is 0.435 e. The Labute approximate surface area is 88.8 Å². The molecule has 0 aliphatic carbocycles. The van der Waals surface area contributed by atoms with Crippen molar-refractivity contribution in [2.24, 2.45) is 10.9 Å². The maximum absolute atomic E-state index is 11.5. The minimum absolute atomic E-state index is 0.218. The third kappa shape index (κ3) is 1.91. The number of cyclic esters (lactones) is 1. The smallest absolute Gasteiger partial charge is 0.359 e. The van der Waals surface area contributed by atoms with Crippen molar-refractivity contribution in [1.29, 1.82) is 0 Å². The molecule has 0 N–H and O–H groups in total. The molecule has 0 fully saturated rings. The molecule has 0 bridgehead atoms. The Bertz CT molecular complexity index is 395. The fraction of sp³-hybridized carbons (Fsp3) is 0.333. The Morgan fingerprint density at radius 3 is 2.47 bits per heavy atom. The van der Waals surface area contributed by atoms with Gasteiger partial charge in [0.1, 0.15) is 0 Å². The molecular weight excluding hydrogens is 190 g/mol. The molecule has 1 aliphatic heterocycles. The second-order valence-electron chi connectivity index (χ2n) is 3.88. The van der Waals surface area contributed by atoms with Gasteiger partial charge in [0.05, 0.1) is 0 Å². The van der Waals surface area contributed by atoms with E-state index in [1.807, 2.05) is 44.2 Å². The van der Waals surface area contributed by atoms with Crippen molar-refractivity contribution in [3.8, 4) is 0 Å². The van der Waals surface area contributed by atoms with Crippen molar-refractivity contribution < 1.29 is 9.53 Å². The van der Waals surface area contributed by atoms with E-state index in [1.54, 1.807) is 0 Å². The number of benzene rings is 1. The summed E-state index contributed by atoms with van der Waals surface area (Å²) in [6.45, 7) is 3.96. The molecule has 78 valence electrons.